The molecule has 37 heavy (non-hydrogen) atoms. The van der Waals surface area contributed by atoms with Crippen LogP contribution in [0.4, 0.5) is 10.8 Å². The van der Waals surface area contributed by atoms with Gasteiger partial charge in [-0.25, -0.2) is 4.98 Å². The van der Waals surface area contributed by atoms with Crippen molar-refractivity contribution in [3.05, 3.63) is 70.8 Å². The largest absolute Gasteiger partial charge is 0.493 e. The number of methoxy groups -OCH3 is 3. The lowest BCUT2D eigenvalue weighted by molar-refractivity contribution is 0.0981. The van der Waals surface area contributed by atoms with E-state index in [0.29, 0.717) is 40.1 Å². The average molecular weight is 520 g/mol. The lowest BCUT2D eigenvalue weighted by atomic mass is 10.1. The van der Waals surface area contributed by atoms with Crippen molar-refractivity contribution in [1.82, 2.24) is 4.98 Å². The molecule has 0 bridgehead atoms. The minimum absolute atomic E-state index is 0.100. The molecule has 4 rings (SSSR count). The Morgan fingerprint density at radius 3 is 2.32 bits per heavy atom. The first-order valence-electron chi connectivity index (χ1n) is 11.7. The summed E-state index contributed by atoms with van der Waals surface area (Å²) in [4.78, 5) is 30.4. The number of ether oxygens (including phenoxy) is 3. The predicted molar refractivity (Wildman–Crippen MR) is 147 cm³/mol. The zero-order valence-electron chi connectivity index (χ0n) is 21.4. The van der Waals surface area contributed by atoms with E-state index in [1.807, 2.05) is 44.2 Å². The van der Waals surface area contributed by atoms with E-state index < -0.39 is 0 Å². The maximum absolute atomic E-state index is 12.9. The number of Topliss-reactive ketones (excluding diaryl/α,β-unsaturated/α-hetero) is 1. The minimum atomic E-state index is -0.170. The van der Waals surface area contributed by atoms with Crippen LogP contribution in [0.5, 0.6) is 17.2 Å². The molecule has 0 unspecified atom stereocenters. The lowest BCUT2D eigenvalue weighted by Gasteiger charge is -2.15. The Hall–Kier alpha value is -4.11. The highest BCUT2D eigenvalue weighted by Gasteiger charge is 2.20. The summed E-state index contributed by atoms with van der Waals surface area (Å²) >= 11 is 1.43. The molecule has 2 N–H and O–H groups in total. The number of anilines is 2. The molecule has 1 heterocycles. The van der Waals surface area contributed by atoms with Crippen molar-refractivity contribution in [2.45, 2.75) is 20.3 Å². The van der Waals surface area contributed by atoms with Gasteiger partial charge >= 0.3 is 0 Å². The quantitative estimate of drug-likeness (QED) is 0.253. The first-order chi connectivity index (χ1) is 17.9. The van der Waals surface area contributed by atoms with E-state index in [1.54, 1.807) is 18.2 Å². The number of rotatable bonds is 10. The molecule has 9 heteroatoms. The molecule has 0 aliphatic rings. The van der Waals surface area contributed by atoms with Gasteiger partial charge in [-0.05, 0) is 55.3 Å². The number of carbonyl (C=O) groups is 2. The van der Waals surface area contributed by atoms with Gasteiger partial charge in [0.15, 0.2) is 22.4 Å². The van der Waals surface area contributed by atoms with E-state index in [9.17, 15) is 9.59 Å². The van der Waals surface area contributed by atoms with Crippen LogP contribution in [-0.2, 0) is 0 Å². The highest BCUT2D eigenvalue weighted by molar-refractivity contribution is 7.22. The first kappa shape index (κ1) is 26.0. The molecule has 0 aliphatic carbocycles. The third kappa shape index (κ3) is 5.51. The number of aryl methyl sites for hydroxylation is 2. The Morgan fingerprint density at radius 1 is 0.919 bits per heavy atom. The van der Waals surface area contributed by atoms with Crippen LogP contribution in [0.3, 0.4) is 0 Å². The summed E-state index contributed by atoms with van der Waals surface area (Å²) in [5, 5.41) is 6.91. The molecule has 0 saturated carbocycles. The molecule has 0 fully saturated rings. The standard InChI is InChI=1S/C28H29N3O5S/c1-16-7-6-8-17(2)24(16)31-27(33)18-9-11-20-23(15-18)37-28(30-20)29-14-13-21(32)19-10-12-22(34-3)26(36-5)25(19)35-4/h6-12,15H,13-14H2,1-5H3,(H,29,30)(H,31,33). The minimum Gasteiger partial charge on any atom is -0.493 e. The molecule has 192 valence electrons. The molecular formula is C28H29N3O5S. The number of nitrogens with one attached hydrogen (secondary N) is 2. The van der Waals surface area contributed by atoms with Crippen molar-refractivity contribution in [2.24, 2.45) is 0 Å². The second-order valence-electron chi connectivity index (χ2n) is 8.40. The van der Waals surface area contributed by atoms with Crippen molar-refractivity contribution in [3.8, 4) is 17.2 Å². The third-order valence-electron chi connectivity index (χ3n) is 6.00. The second-order valence-corrected chi connectivity index (χ2v) is 9.43. The normalized spacial score (nSPS) is 10.7. The van der Waals surface area contributed by atoms with Gasteiger partial charge in [0.2, 0.25) is 5.75 Å². The van der Waals surface area contributed by atoms with E-state index in [1.165, 1.54) is 32.7 Å². The molecule has 4 aromatic rings. The number of hydrogen-bond donors (Lipinski definition) is 2. The molecule has 0 atom stereocenters. The number of nitrogens with zero attached hydrogens (tertiary/aromatic N) is 1. The van der Waals surface area contributed by atoms with Crippen LogP contribution >= 0.6 is 11.3 Å². The number of carbonyl (C=O) groups excluding carboxylic acids is 2. The van der Waals surface area contributed by atoms with Crippen LogP contribution in [0.15, 0.2) is 48.5 Å². The van der Waals surface area contributed by atoms with Crippen molar-refractivity contribution in [3.63, 3.8) is 0 Å². The van der Waals surface area contributed by atoms with Gasteiger partial charge in [-0.3, -0.25) is 9.59 Å². The lowest BCUT2D eigenvalue weighted by Crippen LogP contribution is -2.13. The zero-order valence-corrected chi connectivity index (χ0v) is 22.2. The van der Waals surface area contributed by atoms with Gasteiger partial charge in [0, 0.05) is 24.2 Å². The van der Waals surface area contributed by atoms with Gasteiger partial charge in [0.1, 0.15) is 0 Å². The predicted octanol–water partition coefficient (Wildman–Crippen LogP) is 5.88. The summed E-state index contributed by atoms with van der Waals surface area (Å²) < 4.78 is 17.0. The Bertz CT molecular complexity index is 1440. The van der Waals surface area contributed by atoms with Crippen LogP contribution in [0.1, 0.15) is 38.3 Å². The van der Waals surface area contributed by atoms with Gasteiger partial charge in [0.05, 0.1) is 37.1 Å². The molecule has 8 nitrogen and oxygen atoms in total. The van der Waals surface area contributed by atoms with Gasteiger partial charge in [-0.15, -0.1) is 0 Å². The van der Waals surface area contributed by atoms with E-state index in [2.05, 4.69) is 15.6 Å². The van der Waals surface area contributed by atoms with Crippen LogP contribution in [-0.4, -0.2) is 44.5 Å². The van der Waals surface area contributed by atoms with Gasteiger partial charge in [0.25, 0.3) is 5.91 Å². The van der Waals surface area contributed by atoms with E-state index >= 15 is 0 Å². The Labute approximate surface area is 219 Å². The monoisotopic (exact) mass is 519 g/mol. The molecule has 0 saturated heterocycles. The van der Waals surface area contributed by atoms with Gasteiger partial charge in [-0.2, -0.15) is 0 Å². The van der Waals surface area contributed by atoms with Crippen LogP contribution < -0.4 is 24.8 Å². The molecule has 0 aliphatic heterocycles. The van der Waals surface area contributed by atoms with Gasteiger partial charge in [-0.1, -0.05) is 29.5 Å². The van der Waals surface area contributed by atoms with Gasteiger partial charge < -0.3 is 24.8 Å². The maximum Gasteiger partial charge on any atom is 0.255 e. The highest BCUT2D eigenvalue weighted by atomic mass is 32.1. The fourth-order valence-electron chi connectivity index (χ4n) is 4.08. The summed E-state index contributed by atoms with van der Waals surface area (Å²) in [6, 6.07) is 14.7. The van der Waals surface area contributed by atoms with E-state index in [-0.39, 0.29) is 18.1 Å². The highest BCUT2D eigenvalue weighted by Crippen LogP contribution is 2.40. The molecule has 0 spiro atoms. The first-order valence-corrected chi connectivity index (χ1v) is 12.5. The number of amides is 1. The summed E-state index contributed by atoms with van der Waals surface area (Å²) in [6.45, 7) is 4.33. The van der Waals surface area contributed by atoms with E-state index in [0.717, 1.165) is 27.0 Å². The van der Waals surface area contributed by atoms with Crippen molar-refractivity contribution in [1.29, 1.82) is 0 Å². The fourth-order valence-corrected chi connectivity index (χ4v) is 5.01. The van der Waals surface area contributed by atoms with Crippen LogP contribution in [0, 0.1) is 13.8 Å². The molecule has 1 aromatic heterocycles. The number of hydrogen-bond acceptors (Lipinski definition) is 8. The van der Waals surface area contributed by atoms with Crippen molar-refractivity contribution >= 4 is 44.1 Å². The molecule has 1 amide bonds. The second kappa shape index (κ2) is 11.3. The topological polar surface area (TPSA) is 98.8 Å². The summed E-state index contributed by atoms with van der Waals surface area (Å²) in [6.07, 6.45) is 0.227. The molecular weight excluding hydrogens is 490 g/mol. The van der Waals surface area contributed by atoms with Crippen LogP contribution in [0.25, 0.3) is 10.2 Å². The summed E-state index contributed by atoms with van der Waals surface area (Å²) in [7, 11) is 4.52. The maximum atomic E-state index is 12.9. The van der Waals surface area contributed by atoms with Crippen LogP contribution in [0.2, 0.25) is 0 Å². The smallest absolute Gasteiger partial charge is 0.255 e. The SMILES string of the molecule is COc1ccc(C(=O)CCNc2nc3ccc(C(=O)Nc4c(C)cccc4C)cc3s2)c(OC)c1OC. The van der Waals surface area contributed by atoms with Crippen molar-refractivity contribution in [2.75, 3.05) is 38.5 Å². The number of para-hydroxylation sites is 1. The summed E-state index contributed by atoms with van der Waals surface area (Å²) in [5.41, 5.74) is 4.61. The Balaban J connectivity index is 1.43. The third-order valence-corrected chi connectivity index (χ3v) is 6.98. The summed E-state index contributed by atoms with van der Waals surface area (Å²) in [5.74, 6) is 0.949. The average Bonchev–Trinajstić information content (AvgIpc) is 3.31. The van der Waals surface area contributed by atoms with E-state index in [4.69, 9.17) is 14.2 Å². The number of ketones is 1. The number of thiazole rings is 1. The van der Waals surface area contributed by atoms with Crippen molar-refractivity contribution < 1.29 is 23.8 Å². The number of benzene rings is 3. The fraction of sp³-hybridized carbons (Fsp3) is 0.250. The molecule has 0 radical (unpaired) electrons. The Kier molecular flexibility index (Phi) is 7.93. The Morgan fingerprint density at radius 2 is 1.65 bits per heavy atom. The number of fused-ring (bicyclic) bond motifs is 1. The number of aromatic nitrogens is 1. The zero-order chi connectivity index (χ0) is 26.5. The molecule has 3 aromatic carbocycles.